The molecule has 0 spiro atoms. The molecule has 0 fully saturated rings. The molecule has 22 heavy (non-hydrogen) atoms. The maximum absolute atomic E-state index is 11.4. The summed E-state index contributed by atoms with van der Waals surface area (Å²) in [5.74, 6) is -0.0986. The van der Waals surface area contributed by atoms with Crippen molar-refractivity contribution in [2.24, 2.45) is 5.10 Å². The molecule has 4 nitrogen and oxygen atoms in total. The first kappa shape index (κ1) is 14.6. The van der Waals surface area contributed by atoms with Gasteiger partial charge in [-0.15, -0.1) is 0 Å². The van der Waals surface area contributed by atoms with Gasteiger partial charge in [0.1, 0.15) is 0 Å². The quantitative estimate of drug-likeness (QED) is 0.902. The normalized spacial score (nSPS) is 20.8. The minimum Gasteiger partial charge on any atom is -0.464 e. The summed E-state index contributed by atoms with van der Waals surface area (Å²) in [6.07, 6.45) is -1.04. The standard InChI is InChI=1S/C17H15ClN2O2/c1-11-15(12-5-3-2-4-6-12)16(19-20(11)17(21)22)13-7-9-14(18)10-8-13/h2-11,15H,1H3,(H,21,22). The van der Waals surface area contributed by atoms with Crippen molar-refractivity contribution in [3.05, 3.63) is 70.7 Å². The summed E-state index contributed by atoms with van der Waals surface area (Å²) in [5, 5.41) is 15.5. The highest BCUT2D eigenvalue weighted by atomic mass is 35.5. The summed E-state index contributed by atoms with van der Waals surface area (Å²) in [6.45, 7) is 1.87. The van der Waals surface area contributed by atoms with Crippen LogP contribution in [0.3, 0.4) is 0 Å². The SMILES string of the molecule is CC1C(c2ccccc2)C(c2ccc(Cl)cc2)=NN1C(=O)O. The Morgan fingerprint density at radius 1 is 1.14 bits per heavy atom. The van der Waals surface area contributed by atoms with Crippen LogP contribution in [-0.4, -0.2) is 28.0 Å². The van der Waals surface area contributed by atoms with Crippen molar-refractivity contribution < 1.29 is 9.90 Å². The molecule has 1 amide bonds. The van der Waals surface area contributed by atoms with Crippen molar-refractivity contribution in [1.29, 1.82) is 0 Å². The van der Waals surface area contributed by atoms with E-state index in [0.29, 0.717) is 5.02 Å². The number of amides is 1. The number of nitrogens with zero attached hydrogens (tertiary/aromatic N) is 2. The molecule has 3 rings (SSSR count). The lowest BCUT2D eigenvalue weighted by Crippen LogP contribution is -2.33. The number of hydrogen-bond acceptors (Lipinski definition) is 2. The Morgan fingerprint density at radius 3 is 2.36 bits per heavy atom. The molecule has 2 unspecified atom stereocenters. The van der Waals surface area contributed by atoms with Crippen LogP contribution < -0.4 is 0 Å². The number of rotatable bonds is 2. The molecule has 0 bridgehead atoms. The number of hydrogen-bond donors (Lipinski definition) is 1. The van der Waals surface area contributed by atoms with Gasteiger partial charge in [0.05, 0.1) is 17.7 Å². The third-order valence-corrected chi connectivity index (χ3v) is 4.12. The van der Waals surface area contributed by atoms with Crippen LogP contribution >= 0.6 is 11.6 Å². The maximum Gasteiger partial charge on any atom is 0.428 e. The summed E-state index contributed by atoms with van der Waals surface area (Å²) in [7, 11) is 0. The second-order valence-corrected chi connectivity index (χ2v) is 5.68. The van der Waals surface area contributed by atoms with Crippen LogP contribution in [0.5, 0.6) is 0 Å². The molecule has 1 aliphatic rings. The first-order valence-corrected chi connectivity index (χ1v) is 7.37. The molecule has 1 aliphatic heterocycles. The number of halogens is 1. The van der Waals surface area contributed by atoms with E-state index in [1.54, 1.807) is 12.1 Å². The monoisotopic (exact) mass is 314 g/mol. The molecule has 112 valence electrons. The Bertz CT molecular complexity index is 713. The molecular formula is C17H15ClN2O2. The van der Waals surface area contributed by atoms with Gasteiger partial charge in [0.2, 0.25) is 0 Å². The fourth-order valence-electron chi connectivity index (χ4n) is 2.81. The van der Waals surface area contributed by atoms with E-state index in [1.807, 2.05) is 49.4 Å². The minimum atomic E-state index is -1.04. The Labute approximate surface area is 133 Å². The molecule has 1 N–H and O–H groups in total. The topological polar surface area (TPSA) is 52.9 Å². The smallest absolute Gasteiger partial charge is 0.428 e. The molecule has 0 radical (unpaired) electrons. The van der Waals surface area contributed by atoms with Crippen LogP contribution in [0.2, 0.25) is 5.02 Å². The lowest BCUT2D eigenvalue weighted by molar-refractivity contribution is 0.135. The van der Waals surface area contributed by atoms with E-state index in [9.17, 15) is 9.90 Å². The fourth-order valence-corrected chi connectivity index (χ4v) is 2.94. The van der Waals surface area contributed by atoms with E-state index in [2.05, 4.69) is 5.10 Å². The minimum absolute atomic E-state index is 0.0986. The van der Waals surface area contributed by atoms with Crippen molar-refractivity contribution in [1.82, 2.24) is 5.01 Å². The maximum atomic E-state index is 11.4. The van der Waals surface area contributed by atoms with Crippen molar-refractivity contribution in [2.75, 3.05) is 0 Å². The highest BCUT2D eigenvalue weighted by Gasteiger charge is 2.38. The summed E-state index contributed by atoms with van der Waals surface area (Å²) in [4.78, 5) is 11.4. The highest BCUT2D eigenvalue weighted by Crippen LogP contribution is 2.34. The van der Waals surface area contributed by atoms with Crippen LogP contribution in [0.15, 0.2) is 59.7 Å². The van der Waals surface area contributed by atoms with E-state index in [1.165, 1.54) is 0 Å². The Balaban J connectivity index is 2.08. The molecule has 2 aromatic carbocycles. The third-order valence-electron chi connectivity index (χ3n) is 3.87. The molecule has 5 heteroatoms. The Hall–Kier alpha value is -2.33. The van der Waals surface area contributed by atoms with E-state index in [0.717, 1.165) is 21.8 Å². The molecule has 0 saturated heterocycles. The first-order chi connectivity index (χ1) is 10.6. The average Bonchev–Trinajstić information content (AvgIpc) is 2.86. The number of hydrazone groups is 1. The largest absolute Gasteiger partial charge is 0.464 e. The van der Waals surface area contributed by atoms with E-state index in [4.69, 9.17) is 11.6 Å². The highest BCUT2D eigenvalue weighted by molar-refractivity contribution is 6.30. The molecule has 0 aromatic heterocycles. The predicted octanol–water partition coefficient (Wildman–Crippen LogP) is 4.21. The predicted molar refractivity (Wildman–Crippen MR) is 86.5 cm³/mol. The van der Waals surface area contributed by atoms with Crippen molar-refractivity contribution in [2.45, 2.75) is 18.9 Å². The van der Waals surface area contributed by atoms with E-state index in [-0.39, 0.29) is 12.0 Å². The van der Waals surface area contributed by atoms with E-state index >= 15 is 0 Å². The van der Waals surface area contributed by atoms with Crippen LogP contribution in [0, 0.1) is 0 Å². The number of carbonyl (C=O) groups is 1. The van der Waals surface area contributed by atoms with Crippen LogP contribution in [0.1, 0.15) is 24.0 Å². The van der Waals surface area contributed by atoms with E-state index < -0.39 is 6.09 Å². The number of benzene rings is 2. The number of carboxylic acid groups (broad SMARTS) is 1. The van der Waals surface area contributed by atoms with Gasteiger partial charge >= 0.3 is 6.09 Å². The lowest BCUT2D eigenvalue weighted by Gasteiger charge is -2.21. The van der Waals surface area contributed by atoms with Gasteiger partial charge in [-0.2, -0.15) is 10.1 Å². The van der Waals surface area contributed by atoms with Gasteiger partial charge in [-0.05, 0) is 30.2 Å². The fraction of sp³-hybridized carbons (Fsp3) is 0.176. The van der Waals surface area contributed by atoms with Crippen molar-refractivity contribution in [3.63, 3.8) is 0 Å². The average molecular weight is 315 g/mol. The summed E-state index contributed by atoms with van der Waals surface area (Å²) < 4.78 is 0. The van der Waals surface area contributed by atoms with Crippen molar-refractivity contribution >= 4 is 23.4 Å². The zero-order valence-corrected chi connectivity index (χ0v) is 12.7. The van der Waals surface area contributed by atoms with Crippen LogP contribution in [0.25, 0.3) is 0 Å². The molecule has 0 saturated carbocycles. The second kappa shape index (κ2) is 5.81. The van der Waals surface area contributed by atoms with Gasteiger partial charge in [-0.25, -0.2) is 4.79 Å². The first-order valence-electron chi connectivity index (χ1n) is 6.99. The third kappa shape index (κ3) is 2.57. The van der Waals surface area contributed by atoms with Gasteiger partial charge < -0.3 is 5.11 Å². The van der Waals surface area contributed by atoms with Gasteiger partial charge in [-0.1, -0.05) is 54.1 Å². The molecule has 2 atom stereocenters. The lowest BCUT2D eigenvalue weighted by atomic mass is 9.86. The van der Waals surface area contributed by atoms with Gasteiger partial charge in [0.15, 0.2) is 0 Å². The van der Waals surface area contributed by atoms with Gasteiger partial charge in [0.25, 0.3) is 0 Å². The Morgan fingerprint density at radius 2 is 1.77 bits per heavy atom. The van der Waals surface area contributed by atoms with Crippen molar-refractivity contribution in [3.8, 4) is 0 Å². The van der Waals surface area contributed by atoms with Crippen LogP contribution in [0.4, 0.5) is 4.79 Å². The molecule has 2 aromatic rings. The molecule has 0 aliphatic carbocycles. The summed E-state index contributed by atoms with van der Waals surface area (Å²) in [6, 6.07) is 16.9. The van der Waals surface area contributed by atoms with Gasteiger partial charge in [0, 0.05) is 5.02 Å². The summed E-state index contributed by atoms with van der Waals surface area (Å²) in [5.41, 5.74) is 2.68. The van der Waals surface area contributed by atoms with Crippen LogP contribution in [-0.2, 0) is 0 Å². The molecule has 1 heterocycles. The zero-order valence-electron chi connectivity index (χ0n) is 12.0. The molecular weight excluding hydrogens is 300 g/mol. The second-order valence-electron chi connectivity index (χ2n) is 5.25. The summed E-state index contributed by atoms with van der Waals surface area (Å²) >= 11 is 5.94. The zero-order chi connectivity index (χ0) is 15.7. The Kier molecular flexibility index (Phi) is 3.86. The van der Waals surface area contributed by atoms with Gasteiger partial charge in [-0.3, -0.25) is 0 Å².